The van der Waals surface area contributed by atoms with Crippen LogP contribution in [0.3, 0.4) is 0 Å². The lowest BCUT2D eigenvalue weighted by Crippen LogP contribution is -2.12. The summed E-state index contributed by atoms with van der Waals surface area (Å²) >= 11 is 0. The highest BCUT2D eigenvalue weighted by atomic mass is 16.5. The van der Waals surface area contributed by atoms with Gasteiger partial charge in [0.2, 0.25) is 0 Å². The van der Waals surface area contributed by atoms with Crippen molar-refractivity contribution in [2.45, 2.75) is 57.9 Å². The molecule has 0 radical (unpaired) electrons. The van der Waals surface area contributed by atoms with Crippen LogP contribution in [0, 0.1) is 0 Å². The molecule has 0 aromatic carbocycles. The fraction of sp³-hybridized carbons (Fsp3) is 0.857. The van der Waals surface area contributed by atoms with Gasteiger partial charge in [0.05, 0.1) is 11.4 Å². The Balaban J connectivity index is 2.03. The molecule has 1 aliphatic rings. The average Bonchev–Trinajstić information content (AvgIpc) is 3.04. The first-order chi connectivity index (χ1) is 9.36. The molecule has 5 nitrogen and oxygen atoms in total. The first kappa shape index (κ1) is 14.5. The highest BCUT2D eigenvalue weighted by Crippen LogP contribution is 2.35. The Labute approximate surface area is 115 Å². The second-order valence-electron chi connectivity index (χ2n) is 5.22. The number of nitrogens with two attached hydrogens (primary N) is 1. The van der Waals surface area contributed by atoms with Gasteiger partial charge in [-0.15, -0.1) is 5.10 Å². The van der Waals surface area contributed by atoms with E-state index in [0.29, 0.717) is 12.5 Å². The van der Waals surface area contributed by atoms with E-state index in [0.717, 1.165) is 38.3 Å². The van der Waals surface area contributed by atoms with Crippen LogP contribution < -0.4 is 5.73 Å². The van der Waals surface area contributed by atoms with Crippen molar-refractivity contribution in [1.29, 1.82) is 0 Å². The van der Waals surface area contributed by atoms with Crippen molar-refractivity contribution in [1.82, 2.24) is 15.0 Å². The van der Waals surface area contributed by atoms with Crippen LogP contribution in [0.1, 0.15) is 56.3 Å². The normalized spacial score (nSPS) is 16.3. The molecule has 1 fully saturated rings. The fourth-order valence-electron chi connectivity index (χ4n) is 2.94. The van der Waals surface area contributed by atoms with Gasteiger partial charge in [0.25, 0.3) is 0 Å². The van der Waals surface area contributed by atoms with Gasteiger partial charge >= 0.3 is 0 Å². The fourth-order valence-corrected chi connectivity index (χ4v) is 2.94. The van der Waals surface area contributed by atoms with E-state index in [-0.39, 0.29) is 0 Å². The molecule has 2 rings (SSSR count). The lowest BCUT2D eigenvalue weighted by atomic mass is 10.0. The van der Waals surface area contributed by atoms with Gasteiger partial charge < -0.3 is 10.5 Å². The minimum atomic E-state index is 0.642. The van der Waals surface area contributed by atoms with Gasteiger partial charge in [0.15, 0.2) is 0 Å². The molecule has 2 N–H and O–H groups in total. The van der Waals surface area contributed by atoms with Gasteiger partial charge in [-0.3, -0.25) is 0 Å². The smallest absolute Gasteiger partial charge is 0.0874 e. The summed E-state index contributed by atoms with van der Waals surface area (Å²) in [4.78, 5) is 0. The molecule has 0 bridgehead atoms. The molecule has 1 aliphatic carbocycles. The van der Waals surface area contributed by atoms with Crippen LogP contribution in [0.15, 0.2) is 0 Å². The number of rotatable bonds is 8. The van der Waals surface area contributed by atoms with Gasteiger partial charge in [0.1, 0.15) is 0 Å². The zero-order valence-electron chi connectivity index (χ0n) is 12.0. The van der Waals surface area contributed by atoms with E-state index in [1.165, 1.54) is 31.4 Å². The monoisotopic (exact) mass is 266 g/mol. The number of hydrogen-bond acceptors (Lipinski definition) is 4. The minimum Gasteiger partial charge on any atom is -0.382 e. The Morgan fingerprint density at radius 1 is 1.37 bits per heavy atom. The van der Waals surface area contributed by atoms with Crippen molar-refractivity contribution in [3.8, 4) is 0 Å². The van der Waals surface area contributed by atoms with E-state index in [9.17, 15) is 0 Å². The van der Waals surface area contributed by atoms with E-state index in [2.05, 4.69) is 15.0 Å². The van der Waals surface area contributed by atoms with Crippen molar-refractivity contribution < 1.29 is 4.74 Å². The van der Waals surface area contributed by atoms with Crippen molar-refractivity contribution in [2.24, 2.45) is 5.73 Å². The minimum absolute atomic E-state index is 0.642. The van der Waals surface area contributed by atoms with Crippen LogP contribution in [0.4, 0.5) is 0 Å². The van der Waals surface area contributed by atoms with Gasteiger partial charge in [-0.05, 0) is 32.7 Å². The molecule has 108 valence electrons. The molecule has 0 aliphatic heterocycles. The Hall–Kier alpha value is -0.940. The van der Waals surface area contributed by atoms with E-state index >= 15 is 0 Å². The summed E-state index contributed by atoms with van der Waals surface area (Å²) in [6.45, 7) is 5.16. The zero-order valence-corrected chi connectivity index (χ0v) is 12.0. The molecule has 1 saturated carbocycles. The molecule has 1 aromatic rings. The predicted octanol–water partition coefficient (Wildman–Crippen LogP) is 1.86. The van der Waals surface area contributed by atoms with Gasteiger partial charge in [-0.25, -0.2) is 4.68 Å². The van der Waals surface area contributed by atoms with Crippen LogP contribution in [-0.4, -0.2) is 34.8 Å². The van der Waals surface area contributed by atoms with Crippen molar-refractivity contribution in [3.63, 3.8) is 0 Å². The molecule has 0 amide bonds. The molecule has 5 heteroatoms. The predicted molar refractivity (Wildman–Crippen MR) is 75.1 cm³/mol. The second-order valence-corrected chi connectivity index (χ2v) is 5.22. The lowest BCUT2D eigenvalue weighted by Gasteiger charge is -2.13. The van der Waals surface area contributed by atoms with E-state index in [1.54, 1.807) is 0 Å². The third-order valence-electron chi connectivity index (χ3n) is 3.83. The van der Waals surface area contributed by atoms with Crippen LogP contribution in [-0.2, 0) is 17.7 Å². The zero-order chi connectivity index (χ0) is 13.5. The average molecular weight is 266 g/mol. The SMILES string of the molecule is CCOCCCn1nnc(CCN)c1C1CCCC1. The van der Waals surface area contributed by atoms with Crippen LogP contribution in [0.5, 0.6) is 0 Å². The van der Waals surface area contributed by atoms with Crippen molar-refractivity contribution in [3.05, 3.63) is 11.4 Å². The number of ether oxygens (including phenoxy) is 1. The maximum atomic E-state index is 5.68. The summed E-state index contributed by atoms with van der Waals surface area (Å²) < 4.78 is 7.49. The standard InChI is InChI=1S/C14H26N4O/c1-2-19-11-5-10-18-14(12-6-3-4-7-12)13(8-9-15)16-17-18/h12H,2-11,15H2,1H3. The summed E-state index contributed by atoms with van der Waals surface area (Å²) in [5.74, 6) is 0.642. The number of aryl methyl sites for hydroxylation is 1. The number of hydrogen-bond donors (Lipinski definition) is 1. The highest BCUT2D eigenvalue weighted by molar-refractivity contribution is 5.17. The van der Waals surface area contributed by atoms with Crippen molar-refractivity contribution in [2.75, 3.05) is 19.8 Å². The molecule has 0 atom stereocenters. The summed E-state index contributed by atoms with van der Waals surface area (Å²) in [5.41, 5.74) is 8.14. The Morgan fingerprint density at radius 2 is 2.16 bits per heavy atom. The van der Waals surface area contributed by atoms with Gasteiger partial charge in [-0.2, -0.15) is 0 Å². The summed E-state index contributed by atoms with van der Waals surface area (Å²) in [6.07, 6.45) is 7.05. The Kier molecular flexibility index (Phi) is 5.79. The van der Waals surface area contributed by atoms with Gasteiger partial charge in [-0.1, -0.05) is 18.1 Å². The van der Waals surface area contributed by atoms with E-state index in [1.807, 2.05) is 6.92 Å². The molecule has 1 heterocycles. The maximum Gasteiger partial charge on any atom is 0.0874 e. The summed E-state index contributed by atoms with van der Waals surface area (Å²) in [6, 6.07) is 0. The van der Waals surface area contributed by atoms with Gasteiger partial charge in [0, 0.05) is 32.1 Å². The van der Waals surface area contributed by atoms with E-state index in [4.69, 9.17) is 10.5 Å². The third-order valence-corrected chi connectivity index (χ3v) is 3.83. The largest absolute Gasteiger partial charge is 0.382 e. The molecule has 19 heavy (non-hydrogen) atoms. The third kappa shape index (κ3) is 3.76. The number of nitrogens with zero attached hydrogens (tertiary/aromatic N) is 3. The van der Waals surface area contributed by atoms with Crippen LogP contribution in [0.25, 0.3) is 0 Å². The molecular formula is C14H26N4O. The van der Waals surface area contributed by atoms with Crippen LogP contribution in [0.2, 0.25) is 0 Å². The first-order valence-corrected chi connectivity index (χ1v) is 7.56. The number of aromatic nitrogens is 3. The topological polar surface area (TPSA) is 66.0 Å². The maximum absolute atomic E-state index is 5.68. The summed E-state index contributed by atoms with van der Waals surface area (Å²) in [7, 11) is 0. The van der Waals surface area contributed by atoms with Crippen molar-refractivity contribution >= 4 is 0 Å². The molecular weight excluding hydrogens is 240 g/mol. The first-order valence-electron chi connectivity index (χ1n) is 7.56. The summed E-state index contributed by atoms with van der Waals surface area (Å²) in [5, 5.41) is 8.67. The highest BCUT2D eigenvalue weighted by Gasteiger charge is 2.25. The Bertz CT molecular complexity index is 372. The molecule has 1 aromatic heterocycles. The molecule has 0 saturated heterocycles. The van der Waals surface area contributed by atoms with E-state index < -0.39 is 0 Å². The van der Waals surface area contributed by atoms with Crippen LogP contribution >= 0.6 is 0 Å². The quantitative estimate of drug-likeness (QED) is 0.729. The Morgan fingerprint density at radius 3 is 2.84 bits per heavy atom. The molecule has 0 spiro atoms. The molecule has 0 unspecified atom stereocenters. The second kappa shape index (κ2) is 7.60. The lowest BCUT2D eigenvalue weighted by molar-refractivity contribution is 0.140.